The second-order valence-electron chi connectivity index (χ2n) is 7.91. The fourth-order valence-electron chi connectivity index (χ4n) is 3.98. The third kappa shape index (κ3) is 6.92. The molecular formula is C22H36N2O4. The summed E-state index contributed by atoms with van der Waals surface area (Å²) in [4.78, 5) is 4.76. The Hall–Kier alpha value is -1.34. The number of rotatable bonds is 8. The Kier molecular flexibility index (Phi) is 8.86. The first-order chi connectivity index (χ1) is 13.7. The summed E-state index contributed by atoms with van der Waals surface area (Å²) in [6.45, 7) is 7.49. The normalized spacial score (nSPS) is 20.9. The number of benzene rings is 1. The highest BCUT2D eigenvalue weighted by Crippen LogP contribution is 2.29. The van der Waals surface area contributed by atoms with Gasteiger partial charge < -0.3 is 24.2 Å². The lowest BCUT2D eigenvalue weighted by molar-refractivity contribution is 0.0341. The van der Waals surface area contributed by atoms with Gasteiger partial charge >= 0.3 is 0 Å². The molecule has 1 aromatic carbocycles. The van der Waals surface area contributed by atoms with Gasteiger partial charge in [-0.1, -0.05) is 25.3 Å². The average Bonchev–Trinajstić information content (AvgIpc) is 2.69. The van der Waals surface area contributed by atoms with Gasteiger partial charge in [-0.2, -0.15) is 0 Å². The molecule has 28 heavy (non-hydrogen) atoms. The van der Waals surface area contributed by atoms with Crippen molar-refractivity contribution in [2.24, 2.45) is 0 Å². The number of aliphatic hydroxyl groups excluding tert-OH is 1. The highest BCUT2D eigenvalue weighted by molar-refractivity contribution is 5.43. The first-order valence-corrected chi connectivity index (χ1v) is 10.7. The van der Waals surface area contributed by atoms with Crippen molar-refractivity contribution in [1.29, 1.82) is 0 Å². The largest absolute Gasteiger partial charge is 0.493 e. The zero-order valence-corrected chi connectivity index (χ0v) is 17.3. The number of hydrogen-bond donors (Lipinski definition) is 1. The standard InChI is InChI=1S/C22H36N2O4/c1-26-21-8-7-19(16-24-11-13-27-14-12-24)15-22(21)28-18-20(25)17-23-9-5-3-2-4-6-10-23/h7-8,15,20,25H,2-6,9-14,16-18H2,1H3/t20-/m0/s1. The van der Waals surface area contributed by atoms with E-state index in [0.717, 1.165) is 45.9 Å². The molecule has 6 heteroatoms. The molecule has 0 bridgehead atoms. The van der Waals surface area contributed by atoms with E-state index in [1.165, 1.54) is 37.7 Å². The van der Waals surface area contributed by atoms with Crippen molar-refractivity contribution in [1.82, 2.24) is 9.80 Å². The zero-order chi connectivity index (χ0) is 19.6. The molecule has 6 nitrogen and oxygen atoms in total. The molecule has 0 spiro atoms. The molecule has 2 saturated heterocycles. The lowest BCUT2D eigenvalue weighted by atomic mass is 10.1. The fraction of sp³-hybridized carbons (Fsp3) is 0.727. The number of nitrogens with zero attached hydrogens (tertiary/aromatic N) is 2. The molecule has 0 unspecified atom stereocenters. The Balaban J connectivity index is 1.51. The van der Waals surface area contributed by atoms with Gasteiger partial charge in [0, 0.05) is 26.2 Å². The molecule has 0 aliphatic carbocycles. The van der Waals surface area contributed by atoms with Crippen LogP contribution in [0.15, 0.2) is 18.2 Å². The van der Waals surface area contributed by atoms with E-state index < -0.39 is 6.10 Å². The highest BCUT2D eigenvalue weighted by Gasteiger charge is 2.16. The lowest BCUT2D eigenvalue weighted by Crippen LogP contribution is -2.37. The summed E-state index contributed by atoms with van der Waals surface area (Å²) in [6.07, 6.45) is 5.91. The van der Waals surface area contributed by atoms with Crippen LogP contribution in [0.1, 0.15) is 37.7 Å². The molecule has 0 saturated carbocycles. The molecule has 158 valence electrons. The van der Waals surface area contributed by atoms with E-state index in [-0.39, 0.29) is 6.61 Å². The van der Waals surface area contributed by atoms with E-state index in [4.69, 9.17) is 14.2 Å². The molecule has 1 aromatic rings. The molecule has 2 aliphatic heterocycles. The maximum atomic E-state index is 10.5. The van der Waals surface area contributed by atoms with Crippen LogP contribution < -0.4 is 9.47 Å². The third-order valence-electron chi connectivity index (χ3n) is 5.59. The van der Waals surface area contributed by atoms with Gasteiger partial charge in [0.1, 0.15) is 12.7 Å². The van der Waals surface area contributed by atoms with Gasteiger partial charge in [-0.15, -0.1) is 0 Å². The molecule has 0 amide bonds. The summed E-state index contributed by atoms with van der Waals surface area (Å²) in [5, 5.41) is 10.5. The van der Waals surface area contributed by atoms with Crippen LogP contribution in [0.4, 0.5) is 0 Å². The van der Waals surface area contributed by atoms with Crippen LogP contribution in [-0.4, -0.2) is 80.7 Å². The van der Waals surface area contributed by atoms with Crippen molar-refractivity contribution in [2.45, 2.75) is 44.8 Å². The van der Waals surface area contributed by atoms with Crippen molar-refractivity contribution >= 4 is 0 Å². The van der Waals surface area contributed by atoms with Crippen molar-refractivity contribution in [3.8, 4) is 11.5 Å². The SMILES string of the molecule is COc1ccc(CN2CCOCC2)cc1OC[C@@H](O)CN1CCCCCCC1. The number of morpholine rings is 1. The summed E-state index contributed by atoms with van der Waals surface area (Å²) in [6, 6.07) is 6.07. The van der Waals surface area contributed by atoms with E-state index in [1.807, 2.05) is 12.1 Å². The molecule has 2 fully saturated rings. The van der Waals surface area contributed by atoms with Crippen LogP contribution in [0, 0.1) is 0 Å². The number of hydrogen-bond acceptors (Lipinski definition) is 6. The molecular weight excluding hydrogens is 356 g/mol. The van der Waals surface area contributed by atoms with Crippen molar-refractivity contribution in [3.05, 3.63) is 23.8 Å². The molecule has 0 aromatic heterocycles. The Morgan fingerprint density at radius 2 is 1.68 bits per heavy atom. The van der Waals surface area contributed by atoms with Crippen LogP contribution in [0.2, 0.25) is 0 Å². The molecule has 1 N–H and O–H groups in total. The molecule has 0 radical (unpaired) electrons. The van der Waals surface area contributed by atoms with Crippen LogP contribution in [0.25, 0.3) is 0 Å². The van der Waals surface area contributed by atoms with Crippen LogP contribution in [0.5, 0.6) is 11.5 Å². The van der Waals surface area contributed by atoms with Crippen LogP contribution in [-0.2, 0) is 11.3 Å². The summed E-state index contributed by atoms with van der Waals surface area (Å²) in [5.74, 6) is 1.42. The predicted molar refractivity (Wildman–Crippen MR) is 110 cm³/mol. The van der Waals surface area contributed by atoms with Crippen LogP contribution >= 0.6 is 0 Å². The van der Waals surface area contributed by atoms with E-state index in [2.05, 4.69) is 15.9 Å². The summed E-state index contributed by atoms with van der Waals surface area (Å²) < 4.78 is 16.8. The summed E-state index contributed by atoms with van der Waals surface area (Å²) in [7, 11) is 1.65. The van der Waals surface area contributed by atoms with Crippen molar-refractivity contribution in [2.75, 3.05) is 59.7 Å². The number of aliphatic hydroxyl groups is 1. The Labute approximate surface area is 169 Å². The minimum absolute atomic E-state index is 0.286. The Morgan fingerprint density at radius 3 is 2.39 bits per heavy atom. The van der Waals surface area contributed by atoms with Gasteiger partial charge in [-0.3, -0.25) is 4.90 Å². The Bertz CT molecular complexity index is 570. The zero-order valence-electron chi connectivity index (χ0n) is 17.3. The number of methoxy groups -OCH3 is 1. The van der Waals surface area contributed by atoms with Gasteiger partial charge in [-0.25, -0.2) is 0 Å². The second kappa shape index (κ2) is 11.6. The summed E-state index contributed by atoms with van der Waals surface area (Å²) in [5.41, 5.74) is 1.19. The maximum Gasteiger partial charge on any atom is 0.161 e. The quantitative estimate of drug-likeness (QED) is 0.734. The lowest BCUT2D eigenvalue weighted by Gasteiger charge is -2.27. The second-order valence-corrected chi connectivity index (χ2v) is 7.91. The van der Waals surface area contributed by atoms with Crippen LogP contribution in [0.3, 0.4) is 0 Å². The molecule has 2 aliphatic rings. The van der Waals surface area contributed by atoms with Gasteiger partial charge in [0.25, 0.3) is 0 Å². The van der Waals surface area contributed by atoms with E-state index in [1.54, 1.807) is 7.11 Å². The van der Waals surface area contributed by atoms with E-state index >= 15 is 0 Å². The van der Waals surface area contributed by atoms with Gasteiger partial charge in [-0.05, 0) is 43.6 Å². The minimum Gasteiger partial charge on any atom is -0.493 e. The predicted octanol–water partition coefficient (Wildman–Crippen LogP) is 2.53. The summed E-state index contributed by atoms with van der Waals surface area (Å²) >= 11 is 0. The first-order valence-electron chi connectivity index (χ1n) is 10.7. The fourth-order valence-corrected chi connectivity index (χ4v) is 3.98. The van der Waals surface area contributed by atoms with Gasteiger partial charge in [0.2, 0.25) is 0 Å². The number of ether oxygens (including phenoxy) is 3. The first kappa shape index (κ1) is 21.4. The van der Waals surface area contributed by atoms with E-state index in [9.17, 15) is 5.11 Å². The number of likely N-dealkylation sites (tertiary alicyclic amines) is 1. The van der Waals surface area contributed by atoms with Gasteiger partial charge in [0.15, 0.2) is 11.5 Å². The Morgan fingerprint density at radius 1 is 0.964 bits per heavy atom. The maximum absolute atomic E-state index is 10.5. The average molecular weight is 393 g/mol. The minimum atomic E-state index is -0.493. The monoisotopic (exact) mass is 392 g/mol. The van der Waals surface area contributed by atoms with Crippen molar-refractivity contribution < 1.29 is 19.3 Å². The molecule has 2 heterocycles. The molecule has 3 rings (SSSR count). The highest BCUT2D eigenvalue weighted by atomic mass is 16.5. The third-order valence-corrected chi connectivity index (χ3v) is 5.59. The smallest absolute Gasteiger partial charge is 0.161 e. The topological polar surface area (TPSA) is 54.4 Å². The van der Waals surface area contributed by atoms with E-state index in [0.29, 0.717) is 18.0 Å². The van der Waals surface area contributed by atoms with Gasteiger partial charge in [0.05, 0.1) is 20.3 Å². The molecule has 1 atom stereocenters. The van der Waals surface area contributed by atoms with Crippen molar-refractivity contribution in [3.63, 3.8) is 0 Å². The number of β-amino-alcohol motifs (C(OH)–C–C–N with tert-alkyl or cyclic N) is 1.